The van der Waals surface area contributed by atoms with E-state index < -0.39 is 23.9 Å². The summed E-state index contributed by atoms with van der Waals surface area (Å²) in [5, 5.41) is 9.40. The van der Waals surface area contributed by atoms with E-state index in [9.17, 15) is 14.4 Å². The van der Waals surface area contributed by atoms with E-state index in [0.717, 1.165) is 5.56 Å². The number of carbonyl (C=O) groups excluding carboxylic acids is 3. The SMILES string of the molecule is CCOC(=O)C1=C(C)NC(=O)NC1c1ccc(OCC(=O)N/N=C(/C)c2ccccc2)cc1. The van der Waals surface area contributed by atoms with Gasteiger partial charge in [-0.1, -0.05) is 42.5 Å². The summed E-state index contributed by atoms with van der Waals surface area (Å²) in [7, 11) is 0. The van der Waals surface area contributed by atoms with Gasteiger partial charge >= 0.3 is 12.0 Å². The van der Waals surface area contributed by atoms with E-state index in [1.54, 1.807) is 45.0 Å². The summed E-state index contributed by atoms with van der Waals surface area (Å²) in [5.74, 6) is -0.449. The Bertz CT molecular complexity index is 1080. The molecule has 9 heteroatoms. The maximum atomic E-state index is 12.4. The van der Waals surface area contributed by atoms with Crippen molar-refractivity contribution >= 4 is 23.6 Å². The van der Waals surface area contributed by atoms with Gasteiger partial charge < -0.3 is 20.1 Å². The maximum Gasteiger partial charge on any atom is 0.338 e. The van der Waals surface area contributed by atoms with Crippen LogP contribution >= 0.6 is 0 Å². The first kappa shape index (κ1) is 23.5. The largest absolute Gasteiger partial charge is 0.484 e. The van der Waals surface area contributed by atoms with Gasteiger partial charge in [0, 0.05) is 5.70 Å². The van der Waals surface area contributed by atoms with Crippen LogP contribution in [0, 0.1) is 0 Å². The van der Waals surface area contributed by atoms with E-state index in [1.165, 1.54) is 0 Å². The quantitative estimate of drug-likeness (QED) is 0.325. The number of amides is 3. The zero-order valence-corrected chi connectivity index (χ0v) is 18.7. The van der Waals surface area contributed by atoms with E-state index in [-0.39, 0.29) is 13.2 Å². The summed E-state index contributed by atoms with van der Waals surface area (Å²) in [4.78, 5) is 36.4. The van der Waals surface area contributed by atoms with Gasteiger partial charge in [0.2, 0.25) is 0 Å². The first-order chi connectivity index (χ1) is 15.9. The summed E-state index contributed by atoms with van der Waals surface area (Å²) in [5.41, 5.74) is 5.49. The Labute approximate surface area is 191 Å². The molecule has 3 amide bonds. The molecule has 3 rings (SSSR count). The molecule has 0 aliphatic carbocycles. The standard InChI is InChI=1S/C24H26N4O5/c1-4-32-23(30)21-16(3)25-24(31)26-22(21)18-10-12-19(13-11-18)33-14-20(29)28-27-15(2)17-8-6-5-7-9-17/h5-13,22H,4,14H2,1-3H3,(H,28,29)(H2,25,26,31)/b27-15-. The fourth-order valence-corrected chi connectivity index (χ4v) is 3.25. The minimum Gasteiger partial charge on any atom is -0.484 e. The van der Waals surface area contributed by atoms with Crippen molar-refractivity contribution in [3.05, 3.63) is 77.0 Å². The number of carbonyl (C=O) groups is 3. The number of nitrogens with zero attached hydrogens (tertiary/aromatic N) is 1. The highest BCUT2D eigenvalue weighted by atomic mass is 16.5. The molecular formula is C24H26N4O5. The minimum absolute atomic E-state index is 0.220. The fourth-order valence-electron chi connectivity index (χ4n) is 3.25. The molecule has 0 saturated heterocycles. The number of allylic oxidation sites excluding steroid dienone is 1. The van der Waals surface area contributed by atoms with E-state index in [2.05, 4.69) is 21.2 Å². The molecule has 1 atom stereocenters. The highest BCUT2D eigenvalue weighted by molar-refractivity contribution is 5.99. The van der Waals surface area contributed by atoms with Crippen molar-refractivity contribution < 1.29 is 23.9 Å². The molecule has 1 unspecified atom stereocenters. The lowest BCUT2D eigenvalue weighted by molar-refractivity contribution is -0.139. The van der Waals surface area contributed by atoms with Crippen LogP contribution in [0.15, 0.2) is 71.0 Å². The number of ether oxygens (including phenoxy) is 2. The molecule has 3 N–H and O–H groups in total. The van der Waals surface area contributed by atoms with Crippen molar-refractivity contribution in [2.75, 3.05) is 13.2 Å². The number of hydrazone groups is 1. The average molecular weight is 450 g/mol. The van der Waals surface area contributed by atoms with Gasteiger partial charge in [-0.3, -0.25) is 4.79 Å². The molecule has 9 nitrogen and oxygen atoms in total. The molecular weight excluding hydrogens is 424 g/mol. The first-order valence-corrected chi connectivity index (χ1v) is 10.5. The summed E-state index contributed by atoms with van der Waals surface area (Å²) in [6.45, 7) is 5.17. The molecule has 172 valence electrons. The number of urea groups is 1. The molecule has 0 saturated carbocycles. The van der Waals surface area contributed by atoms with Crippen LogP contribution < -0.4 is 20.8 Å². The lowest BCUT2D eigenvalue weighted by Gasteiger charge is -2.28. The monoisotopic (exact) mass is 450 g/mol. The summed E-state index contributed by atoms with van der Waals surface area (Å²) >= 11 is 0. The predicted molar refractivity (Wildman–Crippen MR) is 122 cm³/mol. The number of hydrogen-bond donors (Lipinski definition) is 3. The molecule has 2 aromatic rings. The van der Waals surface area contributed by atoms with Crippen LogP contribution in [0.1, 0.15) is 37.9 Å². The maximum absolute atomic E-state index is 12.4. The van der Waals surface area contributed by atoms with Crippen LogP contribution in [-0.4, -0.2) is 36.8 Å². The average Bonchev–Trinajstić information content (AvgIpc) is 2.81. The lowest BCUT2D eigenvalue weighted by atomic mass is 9.95. The van der Waals surface area contributed by atoms with Crippen molar-refractivity contribution in [2.45, 2.75) is 26.8 Å². The number of nitrogens with one attached hydrogen (secondary N) is 3. The van der Waals surface area contributed by atoms with E-state index in [1.807, 2.05) is 30.3 Å². The van der Waals surface area contributed by atoms with Crippen molar-refractivity contribution in [3.8, 4) is 5.75 Å². The molecule has 0 bridgehead atoms. The number of benzene rings is 2. The Hall–Kier alpha value is -4.14. The van der Waals surface area contributed by atoms with Crippen molar-refractivity contribution in [1.29, 1.82) is 0 Å². The second kappa shape index (κ2) is 10.9. The minimum atomic E-state index is -0.662. The van der Waals surface area contributed by atoms with Gasteiger partial charge in [-0.15, -0.1) is 0 Å². The van der Waals surface area contributed by atoms with Gasteiger partial charge in [0.05, 0.1) is 23.9 Å². The predicted octanol–water partition coefficient (Wildman–Crippen LogP) is 2.80. The molecule has 0 radical (unpaired) electrons. The van der Waals surface area contributed by atoms with Gasteiger partial charge in [0.1, 0.15) is 5.75 Å². The number of rotatable bonds is 8. The van der Waals surface area contributed by atoms with Crippen molar-refractivity contribution in [2.24, 2.45) is 5.10 Å². The highest BCUT2D eigenvalue weighted by Crippen LogP contribution is 2.28. The number of hydrogen-bond acceptors (Lipinski definition) is 6. The molecule has 0 spiro atoms. The molecule has 1 heterocycles. The summed E-state index contributed by atoms with van der Waals surface area (Å²) < 4.78 is 10.6. The smallest absolute Gasteiger partial charge is 0.338 e. The van der Waals surface area contributed by atoms with Crippen LogP contribution in [0.2, 0.25) is 0 Å². The van der Waals surface area contributed by atoms with Crippen LogP contribution in [-0.2, 0) is 14.3 Å². The van der Waals surface area contributed by atoms with Gasteiger partial charge in [0.15, 0.2) is 6.61 Å². The third-order valence-corrected chi connectivity index (χ3v) is 4.89. The third-order valence-electron chi connectivity index (χ3n) is 4.89. The first-order valence-electron chi connectivity index (χ1n) is 10.5. The zero-order chi connectivity index (χ0) is 23.8. The molecule has 0 aromatic heterocycles. The van der Waals surface area contributed by atoms with Crippen molar-refractivity contribution in [1.82, 2.24) is 16.1 Å². The Kier molecular flexibility index (Phi) is 7.80. The second-order valence-corrected chi connectivity index (χ2v) is 7.25. The molecule has 1 aliphatic rings. The van der Waals surface area contributed by atoms with E-state index in [0.29, 0.717) is 28.3 Å². The number of esters is 1. The Morgan fingerprint density at radius 3 is 2.45 bits per heavy atom. The highest BCUT2D eigenvalue weighted by Gasteiger charge is 2.32. The molecule has 0 fully saturated rings. The van der Waals surface area contributed by atoms with Gasteiger partial charge in [-0.2, -0.15) is 5.10 Å². The Morgan fingerprint density at radius 1 is 1.09 bits per heavy atom. The van der Waals surface area contributed by atoms with Crippen LogP contribution in [0.4, 0.5) is 4.79 Å². The lowest BCUT2D eigenvalue weighted by Crippen LogP contribution is -2.45. The van der Waals surface area contributed by atoms with E-state index >= 15 is 0 Å². The Balaban J connectivity index is 1.61. The second-order valence-electron chi connectivity index (χ2n) is 7.25. The molecule has 1 aliphatic heterocycles. The fraction of sp³-hybridized carbons (Fsp3) is 0.250. The molecule has 33 heavy (non-hydrogen) atoms. The van der Waals surface area contributed by atoms with Crippen LogP contribution in [0.3, 0.4) is 0 Å². The van der Waals surface area contributed by atoms with Gasteiger partial charge in [0.25, 0.3) is 5.91 Å². The van der Waals surface area contributed by atoms with Gasteiger partial charge in [-0.05, 0) is 44.0 Å². The topological polar surface area (TPSA) is 118 Å². The normalized spacial score (nSPS) is 15.9. The third kappa shape index (κ3) is 6.19. The Morgan fingerprint density at radius 2 is 1.79 bits per heavy atom. The van der Waals surface area contributed by atoms with E-state index in [4.69, 9.17) is 9.47 Å². The van der Waals surface area contributed by atoms with Crippen LogP contribution in [0.5, 0.6) is 5.75 Å². The molecule has 2 aromatic carbocycles. The van der Waals surface area contributed by atoms with Crippen LogP contribution in [0.25, 0.3) is 0 Å². The van der Waals surface area contributed by atoms with Crippen molar-refractivity contribution in [3.63, 3.8) is 0 Å². The zero-order valence-electron chi connectivity index (χ0n) is 18.7. The van der Waals surface area contributed by atoms with Gasteiger partial charge in [-0.25, -0.2) is 15.0 Å². The summed E-state index contributed by atoms with van der Waals surface area (Å²) in [6, 6.07) is 15.2. The summed E-state index contributed by atoms with van der Waals surface area (Å²) in [6.07, 6.45) is 0.